The van der Waals surface area contributed by atoms with Crippen LogP contribution in [-0.4, -0.2) is 16.1 Å². The lowest BCUT2D eigenvalue weighted by molar-refractivity contribution is 0.0697. The van der Waals surface area contributed by atoms with Crippen LogP contribution in [0, 0.1) is 0 Å². The molecule has 0 bridgehead atoms. The van der Waals surface area contributed by atoms with Crippen molar-refractivity contribution < 1.29 is 9.90 Å². The maximum absolute atomic E-state index is 11.3. The van der Waals surface area contributed by atoms with Crippen molar-refractivity contribution >= 4 is 16.7 Å². The van der Waals surface area contributed by atoms with Gasteiger partial charge in [0, 0.05) is 11.6 Å². The third kappa shape index (κ3) is 1.26. The van der Waals surface area contributed by atoms with E-state index in [1.54, 1.807) is 12.1 Å². The van der Waals surface area contributed by atoms with Gasteiger partial charge in [0.1, 0.15) is 0 Å². The van der Waals surface area contributed by atoms with Gasteiger partial charge >= 0.3 is 5.97 Å². The fourth-order valence-corrected chi connectivity index (χ4v) is 1.32. The quantitative estimate of drug-likeness (QED) is 0.708. The first-order valence-corrected chi connectivity index (χ1v) is 4.03. The molecular formula is C10H7NO3. The van der Waals surface area contributed by atoms with Crippen LogP contribution < -0.4 is 5.56 Å². The SMILES string of the molecule is O=C(O)c1ccc2cc[nH]c(=O)c2c1. The van der Waals surface area contributed by atoms with Gasteiger partial charge in [0.25, 0.3) is 5.56 Å². The van der Waals surface area contributed by atoms with Crippen LogP contribution in [0.2, 0.25) is 0 Å². The summed E-state index contributed by atoms with van der Waals surface area (Å²) in [5, 5.41) is 9.85. The van der Waals surface area contributed by atoms with E-state index in [-0.39, 0.29) is 11.1 Å². The van der Waals surface area contributed by atoms with Crippen molar-refractivity contribution in [1.82, 2.24) is 4.98 Å². The summed E-state index contributed by atoms with van der Waals surface area (Å²) in [5.41, 5.74) is -0.153. The zero-order valence-corrected chi connectivity index (χ0v) is 7.15. The average molecular weight is 189 g/mol. The largest absolute Gasteiger partial charge is 0.478 e. The van der Waals surface area contributed by atoms with Crippen LogP contribution in [0.15, 0.2) is 35.3 Å². The van der Waals surface area contributed by atoms with E-state index < -0.39 is 5.97 Å². The first kappa shape index (κ1) is 8.50. The molecule has 2 N–H and O–H groups in total. The molecule has 70 valence electrons. The van der Waals surface area contributed by atoms with Crippen molar-refractivity contribution in [3.8, 4) is 0 Å². The van der Waals surface area contributed by atoms with Crippen molar-refractivity contribution in [2.24, 2.45) is 0 Å². The number of benzene rings is 1. The number of aromatic nitrogens is 1. The molecule has 0 radical (unpaired) electrons. The summed E-state index contributed by atoms with van der Waals surface area (Å²) < 4.78 is 0. The van der Waals surface area contributed by atoms with Gasteiger partial charge < -0.3 is 10.1 Å². The lowest BCUT2D eigenvalue weighted by Crippen LogP contribution is -2.06. The molecule has 14 heavy (non-hydrogen) atoms. The van der Waals surface area contributed by atoms with Gasteiger partial charge in [0.15, 0.2) is 0 Å². The third-order valence-corrected chi connectivity index (χ3v) is 2.02. The number of nitrogens with one attached hydrogen (secondary N) is 1. The minimum Gasteiger partial charge on any atom is -0.478 e. The Bertz CT molecular complexity index is 557. The highest BCUT2D eigenvalue weighted by atomic mass is 16.4. The number of hydrogen-bond donors (Lipinski definition) is 2. The van der Waals surface area contributed by atoms with Gasteiger partial charge in [-0.05, 0) is 23.6 Å². The summed E-state index contributed by atoms with van der Waals surface area (Å²) in [7, 11) is 0. The van der Waals surface area contributed by atoms with Crippen LogP contribution in [0.1, 0.15) is 10.4 Å². The number of carbonyl (C=O) groups is 1. The summed E-state index contributed by atoms with van der Waals surface area (Å²) >= 11 is 0. The molecule has 0 atom stereocenters. The Morgan fingerprint density at radius 1 is 1.29 bits per heavy atom. The molecule has 0 fully saturated rings. The molecule has 1 heterocycles. The average Bonchev–Trinajstić information content (AvgIpc) is 2.18. The second kappa shape index (κ2) is 2.99. The van der Waals surface area contributed by atoms with E-state index in [9.17, 15) is 9.59 Å². The standard InChI is InChI=1S/C10H7NO3/c12-9-8-5-7(10(13)14)2-1-6(8)3-4-11-9/h1-5H,(H,11,12)(H,13,14). The van der Waals surface area contributed by atoms with Gasteiger partial charge in [-0.25, -0.2) is 4.79 Å². The summed E-state index contributed by atoms with van der Waals surface area (Å²) in [6.07, 6.45) is 1.53. The number of aromatic amines is 1. The Morgan fingerprint density at radius 2 is 2.07 bits per heavy atom. The summed E-state index contributed by atoms with van der Waals surface area (Å²) in [5.74, 6) is -1.03. The van der Waals surface area contributed by atoms with Gasteiger partial charge in [-0.15, -0.1) is 0 Å². The highest BCUT2D eigenvalue weighted by Crippen LogP contribution is 2.11. The molecule has 2 aromatic rings. The summed E-state index contributed by atoms with van der Waals surface area (Å²) in [4.78, 5) is 24.4. The molecule has 4 heteroatoms. The number of carboxylic acid groups (broad SMARTS) is 1. The number of H-pyrrole nitrogens is 1. The Balaban J connectivity index is 2.83. The topological polar surface area (TPSA) is 70.2 Å². The second-order valence-corrected chi connectivity index (χ2v) is 2.91. The first-order chi connectivity index (χ1) is 6.68. The summed E-state index contributed by atoms with van der Waals surface area (Å²) in [6, 6.07) is 6.19. The molecular weight excluding hydrogens is 182 g/mol. The number of hydrogen-bond acceptors (Lipinski definition) is 2. The van der Waals surface area contributed by atoms with Crippen molar-refractivity contribution in [3.05, 3.63) is 46.4 Å². The number of rotatable bonds is 1. The van der Waals surface area contributed by atoms with Gasteiger partial charge in [-0.3, -0.25) is 4.79 Å². The lowest BCUT2D eigenvalue weighted by atomic mass is 10.1. The number of pyridine rings is 1. The van der Waals surface area contributed by atoms with E-state index in [2.05, 4.69) is 4.98 Å². The molecule has 0 unspecified atom stereocenters. The summed E-state index contributed by atoms with van der Waals surface area (Å²) in [6.45, 7) is 0. The molecule has 0 saturated heterocycles. The minimum atomic E-state index is -1.03. The van der Waals surface area contributed by atoms with Crippen molar-refractivity contribution in [2.45, 2.75) is 0 Å². The molecule has 1 aromatic heterocycles. The van der Waals surface area contributed by atoms with Crippen LogP contribution in [0.5, 0.6) is 0 Å². The smallest absolute Gasteiger partial charge is 0.335 e. The minimum absolute atomic E-state index is 0.120. The lowest BCUT2D eigenvalue weighted by Gasteiger charge is -1.97. The van der Waals surface area contributed by atoms with Crippen molar-refractivity contribution in [1.29, 1.82) is 0 Å². The second-order valence-electron chi connectivity index (χ2n) is 2.91. The van der Waals surface area contributed by atoms with E-state index in [4.69, 9.17) is 5.11 Å². The van der Waals surface area contributed by atoms with E-state index in [0.29, 0.717) is 5.39 Å². The zero-order chi connectivity index (χ0) is 10.1. The van der Waals surface area contributed by atoms with E-state index in [1.165, 1.54) is 18.3 Å². The van der Waals surface area contributed by atoms with Crippen molar-refractivity contribution in [2.75, 3.05) is 0 Å². The Kier molecular flexibility index (Phi) is 1.81. The number of carboxylic acids is 1. The number of fused-ring (bicyclic) bond motifs is 1. The van der Waals surface area contributed by atoms with Crippen LogP contribution in [-0.2, 0) is 0 Å². The van der Waals surface area contributed by atoms with Crippen LogP contribution in [0.25, 0.3) is 10.8 Å². The van der Waals surface area contributed by atoms with Crippen LogP contribution in [0.3, 0.4) is 0 Å². The third-order valence-electron chi connectivity index (χ3n) is 2.02. The molecule has 1 aromatic carbocycles. The van der Waals surface area contributed by atoms with Crippen LogP contribution >= 0.6 is 0 Å². The maximum Gasteiger partial charge on any atom is 0.335 e. The normalized spacial score (nSPS) is 10.3. The molecule has 0 saturated carbocycles. The van der Waals surface area contributed by atoms with Crippen LogP contribution in [0.4, 0.5) is 0 Å². The fourth-order valence-electron chi connectivity index (χ4n) is 1.32. The van der Waals surface area contributed by atoms with E-state index in [1.807, 2.05) is 0 Å². The first-order valence-electron chi connectivity index (χ1n) is 4.03. The predicted molar refractivity (Wildman–Crippen MR) is 51.5 cm³/mol. The molecule has 0 aliphatic rings. The van der Waals surface area contributed by atoms with Gasteiger partial charge in [0.05, 0.1) is 5.56 Å². The van der Waals surface area contributed by atoms with E-state index >= 15 is 0 Å². The van der Waals surface area contributed by atoms with Crippen molar-refractivity contribution in [3.63, 3.8) is 0 Å². The Morgan fingerprint density at radius 3 is 2.79 bits per heavy atom. The Labute approximate surface area is 78.8 Å². The van der Waals surface area contributed by atoms with Gasteiger partial charge in [0.2, 0.25) is 0 Å². The van der Waals surface area contributed by atoms with Gasteiger partial charge in [-0.2, -0.15) is 0 Å². The fraction of sp³-hybridized carbons (Fsp3) is 0. The molecule has 2 rings (SSSR count). The highest BCUT2D eigenvalue weighted by Gasteiger charge is 2.04. The van der Waals surface area contributed by atoms with Gasteiger partial charge in [-0.1, -0.05) is 6.07 Å². The molecule has 4 nitrogen and oxygen atoms in total. The molecule has 0 aliphatic carbocycles. The van der Waals surface area contributed by atoms with E-state index in [0.717, 1.165) is 5.39 Å². The molecule has 0 aliphatic heterocycles. The highest BCUT2D eigenvalue weighted by molar-refractivity contribution is 5.93. The monoisotopic (exact) mass is 189 g/mol. The zero-order valence-electron chi connectivity index (χ0n) is 7.15. The molecule has 0 spiro atoms. The Hall–Kier alpha value is -2.10. The predicted octanol–water partition coefficient (Wildman–Crippen LogP) is 1.23. The molecule has 0 amide bonds. The number of aromatic carboxylic acids is 1. The maximum atomic E-state index is 11.3.